The van der Waals surface area contributed by atoms with Crippen LogP contribution in [0.15, 0.2) is 54.6 Å². The molecule has 22 heavy (non-hydrogen) atoms. The summed E-state index contributed by atoms with van der Waals surface area (Å²) < 4.78 is 0. The predicted octanol–water partition coefficient (Wildman–Crippen LogP) is 3.06. The number of benzene rings is 2. The lowest BCUT2D eigenvalue weighted by Gasteiger charge is -2.28. The van der Waals surface area contributed by atoms with Crippen molar-refractivity contribution in [3.63, 3.8) is 0 Å². The first kappa shape index (κ1) is 16.4. The molecule has 0 saturated carbocycles. The van der Waals surface area contributed by atoms with Gasteiger partial charge in [-0.05, 0) is 25.0 Å². The summed E-state index contributed by atoms with van der Waals surface area (Å²) in [6, 6.07) is 17.4. The molecule has 0 aliphatic rings. The maximum atomic E-state index is 12.7. The Bertz CT molecular complexity index is 610. The van der Waals surface area contributed by atoms with Gasteiger partial charge in [-0.25, -0.2) is 0 Å². The molecule has 0 amide bonds. The average Bonchev–Trinajstić information content (AvgIpc) is 2.54. The van der Waals surface area contributed by atoms with Crippen molar-refractivity contribution in [1.29, 1.82) is 0 Å². The summed E-state index contributed by atoms with van der Waals surface area (Å²) in [7, 11) is 0. The molecule has 2 rings (SSSR count). The van der Waals surface area contributed by atoms with E-state index in [1.807, 2.05) is 73.3 Å². The molecular weight excluding hydrogens is 274 g/mol. The Morgan fingerprint density at radius 2 is 1.73 bits per heavy atom. The van der Waals surface area contributed by atoms with Crippen LogP contribution in [0, 0.1) is 6.92 Å². The lowest BCUT2D eigenvalue weighted by atomic mass is 9.99. The molecule has 116 valence electrons. The first-order valence-electron chi connectivity index (χ1n) is 7.62. The van der Waals surface area contributed by atoms with E-state index in [1.165, 1.54) is 0 Å². The molecule has 3 nitrogen and oxygen atoms in total. The van der Waals surface area contributed by atoms with E-state index in [9.17, 15) is 9.90 Å². The summed E-state index contributed by atoms with van der Waals surface area (Å²) >= 11 is 0. The third kappa shape index (κ3) is 4.03. The number of carbonyl (C=O) groups is 1. The van der Waals surface area contributed by atoms with Gasteiger partial charge in [-0.3, -0.25) is 9.69 Å². The molecule has 3 heteroatoms. The Hall–Kier alpha value is -1.97. The van der Waals surface area contributed by atoms with E-state index < -0.39 is 0 Å². The van der Waals surface area contributed by atoms with Gasteiger partial charge in [0, 0.05) is 18.7 Å². The van der Waals surface area contributed by atoms with E-state index in [2.05, 4.69) is 0 Å². The zero-order valence-corrected chi connectivity index (χ0v) is 13.2. The van der Waals surface area contributed by atoms with Crippen molar-refractivity contribution in [2.45, 2.75) is 26.4 Å². The minimum Gasteiger partial charge on any atom is -0.395 e. The van der Waals surface area contributed by atoms with Crippen LogP contribution in [-0.4, -0.2) is 35.0 Å². The van der Waals surface area contributed by atoms with E-state index in [0.717, 1.165) is 16.7 Å². The van der Waals surface area contributed by atoms with E-state index in [-0.39, 0.29) is 18.4 Å². The molecule has 0 heterocycles. The van der Waals surface area contributed by atoms with Crippen molar-refractivity contribution in [3.05, 3.63) is 71.3 Å². The summed E-state index contributed by atoms with van der Waals surface area (Å²) in [4.78, 5) is 14.8. The molecule has 0 spiro atoms. The predicted molar refractivity (Wildman–Crippen MR) is 88.9 cm³/mol. The van der Waals surface area contributed by atoms with Crippen molar-refractivity contribution in [2.24, 2.45) is 0 Å². The monoisotopic (exact) mass is 297 g/mol. The highest BCUT2D eigenvalue weighted by atomic mass is 16.3. The van der Waals surface area contributed by atoms with Crippen molar-refractivity contribution < 1.29 is 9.90 Å². The fraction of sp³-hybridized carbons (Fsp3) is 0.316. The molecule has 0 aliphatic heterocycles. The molecule has 0 saturated heterocycles. The number of rotatable bonds is 7. The number of Topliss-reactive ketones (excluding diaryl/α,β-unsaturated/α-hetero) is 1. The number of aliphatic hydroxyl groups excluding tert-OH is 1. The molecule has 0 bridgehead atoms. The first-order chi connectivity index (χ1) is 10.6. The SMILES string of the molecule is Cc1ccccc1C(=O)C(C)N(CCO)Cc1ccccc1. The molecule has 1 atom stereocenters. The number of hydrogen-bond donors (Lipinski definition) is 1. The van der Waals surface area contributed by atoms with Gasteiger partial charge in [0.2, 0.25) is 0 Å². The topological polar surface area (TPSA) is 40.5 Å². The van der Waals surface area contributed by atoms with E-state index >= 15 is 0 Å². The highest BCUT2D eigenvalue weighted by molar-refractivity contribution is 6.01. The lowest BCUT2D eigenvalue weighted by molar-refractivity contribution is 0.0794. The molecule has 0 fully saturated rings. The Morgan fingerprint density at radius 3 is 2.36 bits per heavy atom. The molecule has 2 aromatic rings. The van der Waals surface area contributed by atoms with Gasteiger partial charge < -0.3 is 5.11 Å². The number of aryl methyl sites for hydroxylation is 1. The summed E-state index contributed by atoms with van der Waals surface area (Å²) in [6.07, 6.45) is 0. The van der Waals surface area contributed by atoms with Crippen LogP contribution in [0.1, 0.15) is 28.4 Å². The minimum absolute atomic E-state index is 0.0399. The summed E-state index contributed by atoms with van der Waals surface area (Å²) in [5.74, 6) is 0.0995. The fourth-order valence-corrected chi connectivity index (χ4v) is 2.60. The normalized spacial score (nSPS) is 12.4. The molecule has 0 aromatic heterocycles. The fourth-order valence-electron chi connectivity index (χ4n) is 2.60. The van der Waals surface area contributed by atoms with Gasteiger partial charge in [-0.2, -0.15) is 0 Å². The third-order valence-electron chi connectivity index (χ3n) is 3.95. The van der Waals surface area contributed by atoms with Crippen LogP contribution in [0.4, 0.5) is 0 Å². The summed E-state index contributed by atoms with van der Waals surface area (Å²) in [5.41, 5.74) is 2.88. The van der Waals surface area contributed by atoms with Gasteiger partial charge >= 0.3 is 0 Å². The highest BCUT2D eigenvalue weighted by Gasteiger charge is 2.23. The first-order valence-corrected chi connectivity index (χ1v) is 7.62. The van der Waals surface area contributed by atoms with Crippen LogP contribution in [-0.2, 0) is 6.54 Å². The van der Waals surface area contributed by atoms with Crippen LogP contribution in [0.5, 0.6) is 0 Å². The number of carbonyl (C=O) groups excluding carboxylic acids is 1. The van der Waals surface area contributed by atoms with E-state index in [1.54, 1.807) is 0 Å². The Labute approximate surface area is 132 Å². The molecule has 1 N–H and O–H groups in total. The largest absolute Gasteiger partial charge is 0.395 e. The van der Waals surface area contributed by atoms with E-state index in [4.69, 9.17) is 0 Å². The molecule has 0 radical (unpaired) electrons. The second kappa shape index (κ2) is 7.87. The number of aliphatic hydroxyl groups is 1. The van der Waals surface area contributed by atoms with Gasteiger partial charge in [-0.1, -0.05) is 54.6 Å². The van der Waals surface area contributed by atoms with Crippen molar-refractivity contribution in [3.8, 4) is 0 Å². The zero-order chi connectivity index (χ0) is 15.9. The van der Waals surface area contributed by atoms with Crippen LogP contribution in [0.25, 0.3) is 0 Å². The third-order valence-corrected chi connectivity index (χ3v) is 3.95. The second-order valence-corrected chi connectivity index (χ2v) is 5.53. The maximum Gasteiger partial charge on any atom is 0.179 e. The lowest BCUT2D eigenvalue weighted by Crippen LogP contribution is -2.40. The van der Waals surface area contributed by atoms with Gasteiger partial charge in [0.05, 0.1) is 12.6 Å². The van der Waals surface area contributed by atoms with Crippen molar-refractivity contribution >= 4 is 5.78 Å². The standard InChI is InChI=1S/C19H23NO2/c1-15-8-6-7-11-18(15)19(22)16(2)20(12-13-21)14-17-9-4-3-5-10-17/h3-11,16,21H,12-14H2,1-2H3. The van der Waals surface area contributed by atoms with Crippen LogP contribution >= 0.6 is 0 Å². The van der Waals surface area contributed by atoms with Gasteiger partial charge in [-0.15, -0.1) is 0 Å². The minimum atomic E-state index is -0.270. The Kier molecular flexibility index (Phi) is 5.87. The van der Waals surface area contributed by atoms with Crippen molar-refractivity contribution in [2.75, 3.05) is 13.2 Å². The number of hydrogen-bond acceptors (Lipinski definition) is 3. The van der Waals surface area contributed by atoms with Crippen LogP contribution < -0.4 is 0 Å². The molecule has 0 aliphatic carbocycles. The van der Waals surface area contributed by atoms with Crippen molar-refractivity contribution in [1.82, 2.24) is 4.90 Å². The molecular formula is C19H23NO2. The van der Waals surface area contributed by atoms with Gasteiger partial charge in [0.1, 0.15) is 0 Å². The highest BCUT2D eigenvalue weighted by Crippen LogP contribution is 2.15. The second-order valence-electron chi connectivity index (χ2n) is 5.53. The summed E-state index contributed by atoms with van der Waals surface area (Å²) in [6.45, 7) is 5.03. The quantitative estimate of drug-likeness (QED) is 0.799. The molecule has 1 unspecified atom stereocenters. The van der Waals surface area contributed by atoms with Crippen LogP contribution in [0.2, 0.25) is 0 Å². The smallest absolute Gasteiger partial charge is 0.179 e. The number of ketones is 1. The van der Waals surface area contributed by atoms with Crippen LogP contribution in [0.3, 0.4) is 0 Å². The average molecular weight is 297 g/mol. The van der Waals surface area contributed by atoms with Gasteiger partial charge in [0.15, 0.2) is 5.78 Å². The van der Waals surface area contributed by atoms with E-state index in [0.29, 0.717) is 13.1 Å². The molecule has 2 aromatic carbocycles. The van der Waals surface area contributed by atoms with Gasteiger partial charge in [0.25, 0.3) is 0 Å². The number of nitrogens with zero attached hydrogens (tertiary/aromatic N) is 1. The summed E-state index contributed by atoms with van der Waals surface area (Å²) in [5, 5.41) is 9.32. The zero-order valence-electron chi connectivity index (χ0n) is 13.2. The Morgan fingerprint density at radius 1 is 1.09 bits per heavy atom. The Balaban J connectivity index is 2.17. The maximum absolute atomic E-state index is 12.7.